The van der Waals surface area contributed by atoms with Crippen LogP contribution in [0.25, 0.3) is 0 Å². The molecule has 4 rings (SSSR count). The molecule has 2 aliphatic heterocycles. The number of rotatable bonds is 4. The Morgan fingerprint density at radius 2 is 1.52 bits per heavy atom. The maximum absolute atomic E-state index is 12.0. The maximum atomic E-state index is 12.0. The first-order valence-corrected chi connectivity index (χ1v) is 8.42. The van der Waals surface area contributed by atoms with Gasteiger partial charge in [-0.1, -0.05) is 30.3 Å². The Kier molecular flexibility index (Phi) is 4.33. The lowest BCUT2D eigenvalue weighted by Gasteiger charge is -2.26. The van der Waals surface area contributed by atoms with E-state index in [0.29, 0.717) is 25.4 Å². The van der Waals surface area contributed by atoms with E-state index in [9.17, 15) is 4.79 Å². The standard InChI is InChI=1S/C19H20N2O4/c22-19(20-10-14-9-13-5-1-2-6-16(13)24-14)21-11-15-12-23-17-7-3-4-8-18(17)25-15/h1-8,14-15H,9-12H2,(H2,20,21,22)/t14-,15-/m1/s1. The molecule has 0 unspecified atom stereocenters. The predicted octanol–water partition coefficient (Wildman–Crippen LogP) is 2.13. The Balaban J connectivity index is 1.19. The number of hydrogen-bond donors (Lipinski definition) is 2. The fraction of sp³-hybridized carbons (Fsp3) is 0.316. The van der Waals surface area contributed by atoms with Gasteiger partial charge < -0.3 is 24.8 Å². The number of benzene rings is 2. The Labute approximate surface area is 146 Å². The molecule has 0 spiro atoms. The highest BCUT2D eigenvalue weighted by Gasteiger charge is 2.24. The van der Waals surface area contributed by atoms with Gasteiger partial charge in [0, 0.05) is 6.42 Å². The molecule has 2 aromatic carbocycles. The van der Waals surface area contributed by atoms with Crippen LogP contribution in [0.15, 0.2) is 48.5 Å². The highest BCUT2D eigenvalue weighted by Crippen LogP contribution is 2.30. The average Bonchev–Trinajstić information content (AvgIpc) is 3.07. The van der Waals surface area contributed by atoms with Crippen molar-refractivity contribution >= 4 is 6.03 Å². The van der Waals surface area contributed by atoms with Crippen LogP contribution < -0.4 is 24.8 Å². The van der Waals surface area contributed by atoms with Crippen molar-refractivity contribution in [3.05, 3.63) is 54.1 Å². The molecule has 0 bridgehead atoms. The first kappa shape index (κ1) is 15.6. The van der Waals surface area contributed by atoms with E-state index in [4.69, 9.17) is 14.2 Å². The minimum Gasteiger partial charge on any atom is -0.488 e. The normalized spacial score (nSPS) is 20.3. The van der Waals surface area contributed by atoms with Gasteiger partial charge in [0.2, 0.25) is 0 Å². The van der Waals surface area contributed by atoms with Gasteiger partial charge >= 0.3 is 6.03 Å². The molecule has 0 radical (unpaired) electrons. The lowest BCUT2D eigenvalue weighted by Crippen LogP contribution is -2.46. The molecule has 0 saturated heterocycles. The van der Waals surface area contributed by atoms with Gasteiger partial charge in [-0.25, -0.2) is 4.79 Å². The van der Waals surface area contributed by atoms with Crippen LogP contribution >= 0.6 is 0 Å². The number of para-hydroxylation sites is 3. The van der Waals surface area contributed by atoms with Gasteiger partial charge in [-0.15, -0.1) is 0 Å². The van der Waals surface area contributed by atoms with E-state index in [1.807, 2.05) is 48.5 Å². The van der Waals surface area contributed by atoms with Crippen LogP contribution in [0.3, 0.4) is 0 Å². The minimum atomic E-state index is -0.234. The monoisotopic (exact) mass is 340 g/mol. The zero-order chi connectivity index (χ0) is 17.1. The molecule has 25 heavy (non-hydrogen) atoms. The molecule has 2 atom stereocenters. The van der Waals surface area contributed by atoms with E-state index in [1.165, 1.54) is 5.56 Å². The van der Waals surface area contributed by atoms with Crippen molar-refractivity contribution in [1.29, 1.82) is 0 Å². The summed E-state index contributed by atoms with van der Waals surface area (Å²) in [5, 5.41) is 5.66. The van der Waals surface area contributed by atoms with Crippen LogP contribution in [0.4, 0.5) is 4.79 Å². The topological polar surface area (TPSA) is 68.8 Å². The van der Waals surface area contributed by atoms with Crippen molar-refractivity contribution in [2.75, 3.05) is 19.7 Å². The van der Waals surface area contributed by atoms with E-state index < -0.39 is 0 Å². The first-order chi connectivity index (χ1) is 12.3. The Morgan fingerprint density at radius 1 is 0.880 bits per heavy atom. The number of fused-ring (bicyclic) bond motifs is 2. The van der Waals surface area contributed by atoms with Crippen molar-refractivity contribution in [3.8, 4) is 17.2 Å². The Morgan fingerprint density at radius 3 is 2.32 bits per heavy atom. The lowest BCUT2D eigenvalue weighted by atomic mass is 10.1. The van der Waals surface area contributed by atoms with Crippen molar-refractivity contribution in [1.82, 2.24) is 10.6 Å². The third-order valence-electron chi connectivity index (χ3n) is 4.26. The Hall–Kier alpha value is -2.89. The summed E-state index contributed by atoms with van der Waals surface area (Å²) in [5.74, 6) is 2.35. The van der Waals surface area contributed by atoms with Crippen LogP contribution in [0.1, 0.15) is 5.56 Å². The SMILES string of the molecule is O=C(NC[C@H]1Cc2ccccc2O1)NC[C@@H]1COc2ccccc2O1. The van der Waals surface area contributed by atoms with E-state index in [1.54, 1.807) is 0 Å². The van der Waals surface area contributed by atoms with Crippen molar-refractivity contribution in [2.24, 2.45) is 0 Å². The quantitative estimate of drug-likeness (QED) is 0.895. The second-order valence-corrected chi connectivity index (χ2v) is 6.14. The second kappa shape index (κ2) is 6.93. The molecule has 2 aliphatic rings. The van der Waals surface area contributed by atoms with Gasteiger partial charge in [-0.05, 0) is 23.8 Å². The van der Waals surface area contributed by atoms with Gasteiger partial charge in [-0.3, -0.25) is 0 Å². The molecule has 0 aliphatic carbocycles. The van der Waals surface area contributed by atoms with Crippen LogP contribution in [0, 0.1) is 0 Å². The number of carbonyl (C=O) groups is 1. The molecule has 0 fully saturated rings. The van der Waals surface area contributed by atoms with Gasteiger partial charge in [0.25, 0.3) is 0 Å². The Bertz CT molecular complexity index is 740. The van der Waals surface area contributed by atoms with Crippen molar-refractivity contribution in [2.45, 2.75) is 18.6 Å². The molecule has 0 aromatic heterocycles. The summed E-state index contributed by atoms with van der Waals surface area (Å²) in [4.78, 5) is 12.0. The molecule has 2 heterocycles. The fourth-order valence-electron chi connectivity index (χ4n) is 3.01. The molecule has 6 heteroatoms. The smallest absolute Gasteiger partial charge is 0.315 e. The first-order valence-electron chi connectivity index (χ1n) is 8.42. The summed E-state index contributed by atoms with van der Waals surface area (Å²) in [6.07, 6.45) is 0.587. The molecular formula is C19H20N2O4. The summed E-state index contributed by atoms with van der Waals surface area (Å²) in [5.41, 5.74) is 1.18. The summed E-state index contributed by atoms with van der Waals surface area (Å²) in [6, 6.07) is 15.2. The summed E-state index contributed by atoms with van der Waals surface area (Å²) in [6.45, 7) is 1.26. The summed E-state index contributed by atoms with van der Waals surface area (Å²) in [7, 11) is 0. The minimum absolute atomic E-state index is 0.0238. The number of amides is 2. The summed E-state index contributed by atoms with van der Waals surface area (Å²) >= 11 is 0. The van der Waals surface area contributed by atoms with Gasteiger partial charge in [0.05, 0.1) is 13.1 Å². The molecule has 0 saturated carbocycles. The van der Waals surface area contributed by atoms with E-state index in [-0.39, 0.29) is 18.2 Å². The zero-order valence-electron chi connectivity index (χ0n) is 13.7. The van der Waals surface area contributed by atoms with Gasteiger partial charge in [0.15, 0.2) is 17.6 Å². The van der Waals surface area contributed by atoms with E-state index >= 15 is 0 Å². The van der Waals surface area contributed by atoms with E-state index in [0.717, 1.165) is 17.9 Å². The molecular weight excluding hydrogens is 320 g/mol. The molecule has 2 amide bonds. The molecule has 2 N–H and O–H groups in total. The van der Waals surface area contributed by atoms with Crippen molar-refractivity contribution < 1.29 is 19.0 Å². The van der Waals surface area contributed by atoms with Crippen LogP contribution in [0.2, 0.25) is 0 Å². The zero-order valence-corrected chi connectivity index (χ0v) is 13.7. The molecule has 6 nitrogen and oxygen atoms in total. The largest absolute Gasteiger partial charge is 0.488 e. The number of nitrogens with one attached hydrogen (secondary N) is 2. The van der Waals surface area contributed by atoms with Crippen LogP contribution in [-0.4, -0.2) is 37.9 Å². The number of urea groups is 1. The second-order valence-electron chi connectivity index (χ2n) is 6.14. The number of carbonyl (C=O) groups excluding carboxylic acids is 1. The van der Waals surface area contributed by atoms with Crippen LogP contribution in [-0.2, 0) is 6.42 Å². The van der Waals surface area contributed by atoms with Gasteiger partial charge in [0.1, 0.15) is 18.5 Å². The maximum Gasteiger partial charge on any atom is 0.315 e. The fourth-order valence-corrected chi connectivity index (χ4v) is 3.01. The average molecular weight is 340 g/mol. The highest BCUT2D eigenvalue weighted by molar-refractivity contribution is 5.73. The highest BCUT2D eigenvalue weighted by atomic mass is 16.6. The van der Waals surface area contributed by atoms with Crippen LogP contribution in [0.5, 0.6) is 17.2 Å². The predicted molar refractivity (Wildman–Crippen MR) is 92.3 cm³/mol. The molecule has 2 aromatic rings. The summed E-state index contributed by atoms with van der Waals surface area (Å²) < 4.78 is 17.2. The van der Waals surface area contributed by atoms with Crippen molar-refractivity contribution in [3.63, 3.8) is 0 Å². The third kappa shape index (κ3) is 3.63. The van der Waals surface area contributed by atoms with E-state index in [2.05, 4.69) is 10.6 Å². The molecule has 130 valence electrons. The third-order valence-corrected chi connectivity index (χ3v) is 4.26. The number of hydrogen-bond acceptors (Lipinski definition) is 4. The number of ether oxygens (including phenoxy) is 3. The lowest BCUT2D eigenvalue weighted by molar-refractivity contribution is 0.0917. The van der Waals surface area contributed by atoms with Gasteiger partial charge in [-0.2, -0.15) is 0 Å².